The van der Waals surface area contributed by atoms with Gasteiger partial charge >= 0.3 is 17.9 Å². The van der Waals surface area contributed by atoms with Crippen LogP contribution in [-0.4, -0.2) is 37.2 Å². The lowest BCUT2D eigenvalue weighted by molar-refractivity contribution is -0.167. The second-order valence-corrected chi connectivity index (χ2v) is 20.9. The summed E-state index contributed by atoms with van der Waals surface area (Å²) in [6.45, 7) is 6.34. The van der Waals surface area contributed by atoms with Crippen molar-refractivity contribution in [2.75, 3.05) is 13.2 Å². The number of carbonyl (C=O) groups is 3. The van der Waals surface area contributed by atoms with E-state index in [4.69, 9.17) is 14.2 Å². The van der Waals surface area contributed by atoms with Gasteiger partial charge in [-0.05, 0) is 141 Å². The molecular weight excluding hydrogens is 973 g/mol. The minimum atomic E-state index is -0.808. The van der Waals surface area contributed by atoms with Gasteiger partial charge < -0.3 is 14.2 Å². The Bertz CT molecular complexity index is 1730. The van der Waals surface area contributed by atoms with E-state index in [1.165, 1.54) is 103 Å². The van der Waals surface area contributed by atoms with E-state index in [-0.39, 0.29) is 31.1 Å². The molecule has 0 spiro atoms. The average molecular weight is 1090 g/mol. The third kappa shape index (κ3) is 64.0. The molecular formula is C73H118O6. The number of allylic oxidation sites excluding steroid dienone is 24. The number of hydrogen-bond acceptors (Lipinski definition) is 6. The molecule has 79 heavy (non-hydrogen) atoms. The molecule has 0 aromatic carbocycles. The number of rotatable bonds is 57. The summed E-state index contributed by atoms with van der Waals surface area (Å²) in [4.78, 5) is 38.3. The molecule has 0 N–H and O–H groups in total. The largest absolute Gasteiger partial charge is 0.462 e. The number of esters is 3. The molecule has 0 heterocycles. The molecule has 1 atom stereocenters. The van der Waals surface area contributed by atoms with Crippen LogP contribution in [0.1, 0.15) is 278 Å². The lowest BCUT2D eigenvalue weighted by Gasteiger charge is -2.18. The Morgan fingerprint density at radius 3 is 0.797 bits per heavy atom. The van der Waals surface area contributed by atoms with Gasteiger partial charge in [-0.3, -0.25) is 14.4 Å². The fourth-order valence-electron chi connectivity index (χ4n) is 8.53. The highest BCUT2D eigenvalue weighted by molar-refractivity contribution is 5.71. The van der Waals surface area contributed by atoms with Crippen LogP contribution in [0.5, 0.6) is 0 Å². The topological polar surface area (TPSA) is 78.9 Å². The molecule has 0 aromatic rings. The zero-order chi connectivity index (χ0) is 57.1. The zero-order valence-electron chi connectivity index (χ0n) is 51.1. The van der Waals surface area contributed by atoms with E-state index in [0.29, 0.717) is 19.3 Å². The number of hydrogen-bond donors (Lipinski definition) is 0. The SMILES string of the molecule is CC/C=C\C/C=C\C/C=C\C/C=C\C/C=C\C/C=C\CCCCCCCCCCCCC(=O)OCC(COC(=O)CCCC/C=C\C/C=C\C/C=C\C/C=C\CC)OC(=O)CCCCCCCCC/C=C\C/C=C\CCCCC. The fourth-order valence-corrected chi connectivity index (χ4v) is 8.53. The predicted molar refractivity (Wildman–Crippen MR) is 343 cm³/mol. The molecule has 0 saturated heterocycles. The van der Waals surface area contributed by atoms with Gasteiger partial charge in [0.05, 0.1) is 0 Å². The third-order valence-electron chi connectivity index (χ3n) is 13.3. The van der Waals surface area contributed by atoms with E-state index in [1.807, 2.05) is 0 Å². The smallest absolute Gasteiger partial charge is 0.306 e. The highest BCUT2D eigenvalue weighted by Gasteiger charge is 2.19. The van der Waals surface area contributed by atoms with E-state index < -0.39 is 6.10 Å². The van der Waals surface area contributed by atoms with Crippen LogP contribution in [0.25, 0.3) is 0 Å². The van der Waals surface area contributed by atoms with Crippen LogP contribution in [0.3, 0.4) is 0 Å². The van der Waals surface area contributed by atoms with Crippen molar-refractivity contribution in [3.63, 3.8) is 0 Å². The van der Waals surface area contributed by atoms with Gasteiger partial charge in [0.1, 0.15) is 13.2 Å². The monoisotopic (exact) mass is 1090 g/mol. The number of ether oxygens (including phenoxy) is 3. The Kier molecular flexibility index (Phi) is 61.9. The van der Waals surface area contributed by atoms with Gasteiger partial charge in [0.2, 0.25) is 0 Å². The lowest BCUT2D eigenvalue weighted by atomic mass is 10.1. The van der Waals surface area contributed by atoms with Crippen LogP contribution < -0.4 is 0 Å². The van der Waals surface area contributed by atoms with E-state index in [9.17, 15) is 14.4 Å². The summed E-state index contributed by atoms with van der Waals surface area (Å²) in [7, 11) is 0. The Morgan fingerprint density at radius 2 is 0.494 bits per heavy atom. The van der Waals surface area contributed by atoms with E-state index in [1.54, 1.807) is 0 Å². The fraction of sp³-hybridized carbons (Fsp3) is 0.630. The standard InChI is InChI=1S/C73H118O6/c1-4-7-10-13-16-19-22-25-28-30-31-32-33-34-35-36-37-38-39-40-41-43-45-48-51-54-57-60-63-66-72(75)78-69-70(68-77-71(74)65-62-59-56-53-50-47-44-27-24-21-18-15-12-9-6-3)79-73(76)67-64-61-58-55-52-49-46-42-29-26-23-20-17-14-11-8-5-2/h7,9-10,12,16-21,25-29,31-32,34-35,37-38,44,50,53,70H,4-6,8,11,13-15,22-24,30,33,36,39-43,45-49,51-52,54-69H2,1-3H3/b10-7-,12-9-,19-16-,20-17-,21-18-,28-25-,29-26-,32-31-,35-34-,38-37-,44-27-,53-50-. The maximum atomic E-state index is 12.9. The minimum absolute atomic E-state index is 0.101. The quantitative estimate of drug-likeness (QED) is 0.0261. The normalized spacial score (nSPS) is 13.1. The van der Waals surface area contributed by atoms with E-state index in [0.717, 1.165) is 135 Å². The summed E-state index contributed by atoms with van der Waals surface area (Å²) in [6, 6.07) is 0. The predicted octanol–water partition coefficient (Wildman–Crippen LogP) is 22.3. The van der Waals surface area contributed by atoms with Crippen molar-refractivity contribution in [2.24, 2.45) is 0 Å². The van der Waals surface area contributed by atoms with Crippen molar-refractivity contribution in [3.8, 4) is 0 Å². The molecule has 0 amide bonds. The van der Waals surface area contributed by atoms with E-state index in [2.05, 4.69) is 167 Å². The maximum Gasteiger partial charge on any atom is 0.306 e. The van der Waals surface area contributed by atoms with Crippen molar-refractivity contribution in [2.45, 2.75) is 284 Å². The Hall–Kier alpha value is -4.71. The maximum absolute atomic E-state index is 12.9. The van der Waals surface area contributed by atoms with Crippen LogP contribution in [-0.2, 0) is 28.6 Å². The summed E-state index contributed by atoms with van der Waals surface area (Å²) in [5.74, 6) is -0.956. The first-order valence-electron chi connectivity index (χ1n) is 32.3. The molecule has 0 bridgehead atoms. The van der Waals surface area contributed by atoms with Crippen molar-refractivity contribution in [1.82, 2.24) is 0 Å². The first-order chi connectivity index (χ1) is 39.0. The van der Waals surface area contributed by atoms with Crippen LogP contribution in [0.4, 0.5) is 0 Å². The highest BCUT2D eigenvalue weighted by atomic mass is 16.6. The number of carbonyl (C=O) groups excluding carboxylic acids is 3. The molecule has 0 aliphatic carbocycles. The summed E-state index contributed by atoms with van der Waals surface area (Å²) in [6.07, 6.45) is 94.2. The second-order valence-electron chi connectivity index (χ2n) is 20.9. The summed E-state index contributed by atoms with van der Waals surface area (Å²) >= 11 is 0. The first-order valence-corrected chi connectivity index (χ1v) is 32.3. The molecule has 0 rings (SSSR count). The summed E-state index contributed by atoms with van der Waals surface area (Å²) in [5.41, 5.74) is 0. The van der Waals surface area contributed by atoms with Crippen molar-refractivity contribution < 1.29 is 28.6 Å². The Morgan fingerprint density at radius 1 is 0.266 bits per heavy atom. The molecule has 0 aliphatic rings. The molecule has 0 aliphatic heterocycles. The van der Waals surface area contributed by atoms with Gasteiger partial charge in [-0.15, -0.1) is 0 Å². The van der Waals surface area contributed by atoms with Gasteiger partial charge in [0.15, 0.2) is 6.10 Å². The van der Waals surface area contributed by atoms with Gasteiger partial charge in [0.25, 0.3) is 0 Å². The van der Waals surface area contributed by atoms with Crippen molar-refractivity contribution in [3.05, 3.63) is 146 Å². The Balaban J connectivity index is 4.38. The minimum Gasteiger partial charge on any atom is -0.462 e. The molecule has 6 nitrogen and oxygen atoms in total. The number of unbranched alkanes of at least 4 members (excludes halogenated alkanes) is 22. The third-order valence-corrected chi connectivity index (χ3v) is 13.3. The summed E-state index contributed by atoms with van der Waals surface area (Å²) in [5, 5.41) is 0. The summed E-state index contributed by atoms with van der Waals surface area (Å²) < 4.78 is 16.9. The first kappa shape index (κ1) is 74.3. The second kappa shape index (κ2) is 65.8. The van der Waals surface area contributed by atoms with Crippen molar-refractivity contribution >= 4 is 17.9 Å². The van der Waals surface area contributed by atoms with Gasteiger partial charge in [-0.1, -0.05) is 263 Å². The van der Waals surface area contributed by atoms with Crippen LogP contribution in [0.2, 0.25) is 0 Å². The highest BCUT2D eigenvalue weighted by Crippen LogP contribution is 2.15. The van der Waals surface area contributed by atoms with Crippen LogP contribution in [0.15, 0.2) is 146 Å². The van der Waals surface area contributed by atoms with E-state index >= 15 is 0 Å². The molecule has 446 valence electrons. The molecule has 0 aromatic heterocycles. The van der Waals surface area contributed by atoms with Crippen LogP contribution in [0, 0.1) is 0 Å². The van der Waals surface area contributed by atoms with Crippen molar-refractivity contribution in [1.29, 1.82) is 0 Å². The van der Waals surface area contributed by atoms with Gasteiger partial charge in [0, 0.05) is 19.3 Å². The molecule has 0 radical (unpaired) electrons. The van der Waals surface area contributed by atoms with Crippen LogP contribution >= 0.6 is 0 Å². The molecule has 0 fully saturated rings. The molecule has 1 unspecified atom stereocenters. The zero-order valence-corrected chi connectivity index (χ0v) is 51.1. The Labute approximate surface area is 487 Å². The molecule has 0 saturated carbocycles. The molecule has 6 heteroatoms. The average Bonchev–Trinajstić information content (AvgIpc) is 3.45. The van der Waals surface area contributed by atoms with Gasteiger partial charge in [-0.25, -0.2) is 0 Å². The van der Waals surface area contributed by atoms with Gasteiger partial charge in [-0.2, -0.15) is 0 Å². The lowest BCUT2D eigenvalue weighted by Crippen LogP contribution is -2.30.